The summed E-state index contributed by atoms with van der Waals surface area (Å²) >= 11 is 0. The Morgan fingerprint density at radius 3 is 2.22 bits per heavy atom. The van der Waals surface area contributed by atoms with Gasteiger partial charge in [-0.2, -0.15) is 0 Å². The van der Waals surface area contributed by atoms with Gasteiger partial charge in [-0.3, -0.25) is 14.4 Å². The number of aromatic nitrogens is 2. The number of nitrogens with zero attached hydrogens (tertiary/aromatic N) is 1. The molecule has 12 heteroatoms. The number of hydrogen-bond acceptors (Lipinski definition) is 7. The van der Waals surface area contributed by atoms with Crippen LogP contribution in [0.2, 0.25) is 0 Å². The SMILES string of the molecule is CCC(C)C(NC(=O)C(CCCCN)NC(=O)C(N)CC(C)C)C(=O)NC(Cc1cnc[nH]1)C(=O)O. The number of carbonyl (C=O) groups excluding carboxylic acids is 3. The highest BCUT2D eigenvalue weighted by atomic mass is 16.4. The normalized spacial score (nSPS) is 15.4. The number of nitrogens with one attached hydrogen (secondary N) is 4. The zero-order valence-electron chi connectivity index (χ0n) is 21.8. The predicted octanol–water partition coefficient (Wildman–Crippen LogP) is 0.0397. The number of nitrogens with two attached hydrogens (primary N) is 2. The van der Waals surface area contributed by atoms with E-state index in [9.17, 15) is 24.3 Å². The molecule has 12 nitrogen and oxygen atoms in total. The van der Waals surface area contributed by atoms with Gasteiger partial charge >= 0.3 is 5.97 Å². The van der Waals surface area contributed by atoms with Crippen LogP contribution in [-0.4, -0.2) is 69.5 Å². The number of unbranched alkanes of at least 4 members (excludes halogenated alkanes) is 1. The zero-order valence-corrected chi connectivity index (χ0v) is 21.8. The number of carbonyl (C=O) groups is 4. The molecule has 9 N–H and O–H groups in total. The molecule has 1 aromatic rings. The van der Waals surface area contributed by atoms with E-state index < -0.39 is 47.9 Å². The molecule has 0 aliphatic heterocycles. The van der Waals surface area contributed by atoms with Crippen LogP contribution in [0, 0.1) is 11.8 Å². The van der Waals surface area contributed by atoms with Gasteiger partial charge in [0, 0.05) is 18.3 Å². The van der Waals surface area contributed by atoms with Crippen molar-refractivity contribution in [2.24, 2.45) is 23.3 Å². The minimum absolute atomic E-state index is 0.00769. The summed E-state index contributed by atoms with van der Waals surface area (Å²) in [6.07, 6.45) is 5.52. The Bertz CT molecular complexity index is 831. The molecule has 1 heterocycles. The zero-order chi connectivity index (χ0) is 27.3. The molecular weight excluding hydrogens is 466 g/mol. The molecule has 0 bridgehead atoms. The highest BCUT2D eigenvalue weighted by Crippen LogP contribution is 2.11. The van der Waals surface area contributed by atoms with Crippen LogP contribution in [0.3, 0.4) is 0 Å². The van der Waals surface area contributed by atoms with E-state index in [1.165, 1.54) is 12.5 Å². The maximum absolute atomic E-state index is 13.2. The fourth-order valence-corrected chi connectivity index (χ4v) is 3.69. The number of rotatable bonds is 17. The van der Waals surface area contributed by atoms with Crippen LogP contribution in [0.25, 0.3) is 0 Å². The van der Waals surface area contributed by atoms with Gasteiger partial charge in [0.05, 0.1) is 12.4 Å². The average molecular weight is 510 g/mol. The van der Waals surface area contributed by atoms with Crippen molar-refractivity contribution in [2.75, 3.05) is 6.54 Å². The van der Waals surface area contributed by atoms with Crippen LogP contribution in [0.1, 0.15) is 65.5 Å². The minimum Gasteiger partial charge on any atom is -0.480 e. The Hall–Kier alpha value is -2.99. The Labute approximate surface area is 212 Å². The van der Waals surface area contributed by atoms with Gasteiger partial charge in [0.15, 0.2) is 0 Å². The summed E-state index contributed by atoms with van der Waals surface area (Å²) in [5.41, 5.74) is 12.1. The lowest BCUT2D eigenvalue weighted by atomic mass is 9.96. The van der Waals surface area contributed by atoms with Crippen molar-refractivity contribution in [1.82, 2.24) is 25.9 Å². The van der Waals surface area contributed by atoms with Crippen molar-refractivity contribution in [3.05, 3.63) is 18.2 Å². The molecule has 0 radical (unpaired) electrons. The summed E-state index contributed by atoms with van der Waals surface area (Å²) in [5.74, 6) is -2.88. The molecule has 0 saturated carbocycles. The Morgan fingerprint density at radius 1 is 1.03 bits per heavy atom. The lowest BCUT2D eigenvalue weighted by Gasteiger charge is -2.28. The highest BCUT2D eigenvalue weighted by molar-refractivity contribution is 5.94. The number of H-pyrrole nitrogens is 1. The third-order valence-electron chi connectivity index (χ3n) is 6.03. The van der Waals surface area contributed by atoms with Crippen LogP contribution >= 0.6 is 0 Å². The van der Waals surface area contributed by atoms with Crippen molar-refractivity contribution in [3.63, 3.8) is 0 Å². The topological polar surface area (TPSA) is 205 Å². The number of hydrogen-bond donors (Lipinski definition) is 7. The molecule has 5 atom stereocenters. The molecule has 5 unspecified atom stereocenters. The van der Waals surface area contributed by atoms with Gasteiger partial charge < -0.3 is 37.5 Å². The minimum atomic E-state index is -1.21. The van der Waals surface area contributed by atoms with E-state index in [0.29, 0.717) is 44.3 Å². The van der Waals surface area contributed by atoms with Gasteiger partial charge in [0.25, 0.3) is 0 Å². The number of carboxylic acid groups (broad SMARTS) is 1. The van der Waals surface area contributed by atoms with Gasteiger partial charge in [-0.05, 0) is 44.1 Å². The van der Waals surface area contributed by atoms with Crippen molar-refractivity contribution in [1.29, 1.82) is 0 Å². The number of carboxylic acids is 1. The van der Waals surface area contributed by atoms with Gasteiger partial charge in [-0.25, -0.2) is 9.78 Å². The largest absolute Gasteiger partial charge is 0.480 e. The lowest BCUT2D eigenvalue weighted by Crippen LogP contribution is -2.59. The predicted molar refractivity (Wildman–Crippen MR) is 136 cm³/mol. The highest BCUT2D eigenvalue weighted by Gasteiger charge is 2.32. The number of imidazole rings is 1. The van der Waals surface area contributed by atoms with E-state index in [4.69, 9.17) is 11.5 Å². The summed E-state index contributed by atoms with van der Waals surface area (Å²) in [6.45, 7) is 7.99. The number of aromatic amines is 1. The summed E-state index contributed by atoms with van der Waals surface area (Å²) in [4.78, 5) is 57.4. The van der Waals surface area contributed by atoms with Crippen LogP contribution < -0.4 is 27.4 Å². The molecule has 3 amide bonds. The van der Waals surface area contributed by atoms with Crippen molar-refractivity contribution in [2.45, 2.75) is 90.4 Å². The van der Waals surface area contributed by atoms with Crippen molar-refractivity contribution >= 4 is 23.7 Å². The maximum Gasteiger partial charge on any atom is 0.326 e. The quantitative estimate of drug-likeness (QED) is 0.142. The molecular formula is C24H43N7O5. The number of aliphatic carboxylic acids is 1. The molecule has 0 aromatic carbocycles. The first-order valence-corrected chi connectivity index (χ1v) is 12.6. The summed E-state index contributed by atoms with van der Waals surface area (Å²) in [6, 6.07) is -3.87. The first kappa shape index (κ1) is 31.0. The maximum atomic E-state index is 13.2. The summed E-state index contributed by atoms with van der Waals surface area (Å²) in [5, 5.41) is 17.6. The number of amides is 3. The fraction of sp³-hybridized carbons (Fsp3) is 0.708. The Balaban J connectivity index is 2.99. The molecule has 0 spiro atoms. The van der Waals surface area contributed by atoms with Gasteiger partial charge in [0.2, 0.25) is 17.7 Å². The van der Waals surface area contributed by atoms with Crippen LogP contribution in [0.15, 0.2) is 12.5 Å². The molecule has 0 fully saturated rings. The lowest BCUT2D eigenvalue weighted by molar-refractivity contribution is -0.142. The van der Waals surface area contributed by atoms with Gasteiger partial charge in [0.1, 0.15) is 18.1 Å². The summed E-state index contributed by atoms with van der Waals surface area (Å²) in [7, 11) is 0. The molecule has 1 rings (SSSR count). The van der Waals surface area contributed by atoms with E-state index in [1.807, 2.05) is 20.8 Å². The monoisotopic (exact) mass is 509 g/mol. The van der Waals surface area contributed by atoms with Gasteiger partial charge in [-0.1, -0.05) is 34.1 Å². The Morgan fingerprint density at radius 2 is 1.69 bits per heavy atom. The third kappa shape index (κ3) is 10.7. The summed E-state index contributed by atoms with van der Waals surface area (Å²) < 4.78 is 0. The molecule has 36 heavy (non-hydrogen) atoms. The average Bonchev–Trinajstić information content (AvgIpc) is 3.33. The second-order valence-electron chi connectivity index (χ2n) is 9.63. The van der Waals surface area contributed by atoms with E-state index in [1.54, 1.807) is 6.92 Å². The van der Waals surface area contributed by atoms with E-state index in [2.05, 4.69) is 25.9 Å². The van der Waals surface area contributed by atoms with Crippen LogP contribution in [0.5, 0.6) is 0 Å². The molecule has 0 saturated heterocycles. The van der Waals surface area contributed by atoms with E-state index in [-0.39, 0.29) is 18.3 Å². The third-order valence-corrected chi connectivity index (χ3v) is 6.03. The van der Waals surface area contributed by atoms with Crippen molar-refractivity contribution < 1.29 is 24.3 Å². The second-order valence-corrected chi connectivity index (χ2v) is 9.63. The standard InChI is InChI=1S/C24H43N7O5/c1-5-15(4)20(23(34)30-19(24(35)36)11-16-12-27-13-28-16)31-22(33)18(8-6-7-9-25)29-21(32)17(26)10-14(2)3/h12-15,17-20H,5-11,25-26H2,1-4H3,(H,27,28)(H,29,32)(H,30,34)(H,31,33)(H,35,36). The second kappa shape index (κ2) is 15.9. The van der Waals surface area contributed by atoms with Crippen LogP contribution in [-0.2, 0) is 25.6 Å². The fourth-order valence-electron chi connectivity index (χ4n) is 3.69. The molecule has 0 aliphatic rings. The Kier molecular flexibility index (Phi) is 13.7. The molecule has 0 aliphatic carbocycles. The van der Waals surface area contributed by atoms with E-state index >= 15 is 0 Å². The van der Waals surface area contributed by atoms with E-state index in [0.717, 1.165) is 0 Å². The molecule has 1 aromatic heterocycles. The smallest absolute Gasteiger partial charge is 0.326 e. The molecule has 204 valence electrons. The first-order chi connectivity index (χ1) is 17.0. The van der Waals surface area contributed by atoms with Crippen LogP contribution in [0.4, 0.5) is 0 Å². The first-order valence-electron chi connectivity index (χ1n) is 12.6. The van der Waals surface area contributed by atoms with Gasteiger partial charge in [-0.15, -0.1) is 0 Å². The van der Waals surface area contributed by atoms with Crippen molar-refractivity contribution in [3.8, 4) is 0 Å².